The van der Waals surface area contributed by atoms with E-state index in [2.05, 4.69) is 10.6 Å². The summed E-state index contributed by atoms with van der Waals surface area (Å²) in [6.07, 6.45) is 1.62. The molecule has 1 aliphatic rings. The van der Waals surface area contributed by atoms with Crippen LogP contribution in [-0.2, 0) is 4.79 Å². The van der Waals surface area contributed by atoms with Crippen molar-refractivity contribution in [2.24, 2.45) is 5.92 Å². The molecule has 0 aromatic heterocycles. The summed E-state index contributed by atoms with van der Waals surface area (Å²) in [6, 6.07) is 1.88. The van der Waals surface area contributed by atoms with Gasteiger partial charge in [-0.3, -0.25) is 4.79 Å². The average Bonchev–Trinajstić information content (AvgIpc) is 2.53. The summed E-state index contributed by atoms with van der Waals surface area (Å²) >= 11 is 0. The van der Waals surface area contributed by atoms with Crippen molar-refractivity contribution in [3.63, 3.8) is 0 Å². The fourth-order valence-corrected chi connectivity index (χ4v) is 1.36. The van der Waals surface area contributed by atoms with Gasteiger partial charge in [0.05, 0.1) is 6.07 Å². The van der Waals surface area contributed by atoms with Crippen LogP contribution in [0.4, 0.5) is 0 Å². The lowest BCUT2D eigenvalue weighted by molar-refractivity contribution is -0.121. The van der Waals surface area contributed by atoms with E-state index in [1.165, 1.54) is 0 Å². The van der Waals surface area contributed by atoms with Crippen molar-refractivity contribution in [1.29, 1.82) is 5.26 Å². The molecule has 0 spiro atoms. The molecule has 1 fully saturated rings. The summed E-state index contributed by atoms with van der Waals surface area (Å²) in [6.45, 7) is 2.06. The molecule has 1 rings (SSSR count). The van der Waals surface area contributed by atoms with Crippen molar-refractivity contribution in [2.45, 2.75) is 12.8 Å². The number of hydrogen-bond acceptors (Lipinski definition) is 3. The molecule has 1 saturated heterocycles. The lowest BCUT2D eigenvalue weighted by Crippen LogP contribution is -2.26. The molecule has 0 radical (unpaired) electrons. The van der Waals surface area contributed by atoms with Crippen molar-refractivity contribution in [3.8, 4) is 6.07 Å². The van der Waals surface area contributed by atoms with E-state index in [4.69, 9.17) is 5.26 Å². The molecule has 0 aromatic carbocycles. The van der Waals surface area contributed by atoms with Crippen LogP contribution in [0.5, 0.6) is 0 Å². The fourth-order valence-electron chi connectivity index (χ4n) is 1.36. The lowest BCUT2D eigenvalue weighted by atomic mass is 10.1. The highest BCUT2D eigenvalue weighted by atomic mass is 16.1. The maximum absolute atomic E-state index is 11.1. The van der Waals surface area contributed by atoms with Gasteiger partial charge in [-0.05, 0) is 25.4 Å². The standard InChI is InChI=1S/C8H13N3O/c9-2-4-11-8(12)5-7-1-3-10-6-7/h7,10H,1,3-6H2,(H,11,12). The van der Waals surface area contributed by atoms with E-state index in [1.807, 2.05) is 6.07 Å². The molecule has 1 amide bonds. The van der Waals surface area contributed by atoms with Crippen molar-refractivity contribution < 1.29 is 4.79 Å². The molecular weight excluding hydrogens is 154 g/mol. The van der Waals surface area contributed by atoms with Gasteiger partial charge in [0.2, 0.25) is 5.91 Å². The Morgan fingerprint density at radius 3 is 3.17 bits per heavy atom. The zero-order valence-electron chi connectivity index (χ0n) is 6.97. The summed E-state index contributed by atoms with van der Waals surface area (Å²) in [5.41, 5.74) is 0. The first kappa shape index (κ1) is 9.01. The number of nitrogens with one attached hydrogen (secondary N) is 2. The van der Waals surface area contributed by atoms with Crippen LogP contribution in [-0.4, -0.2) is 25.5 Å². The van der Waals surface area contributed by atoms with E-state index < -0.39 is 0 Å². The molecule has 0 saturated carbocycles. The Morgan fingerprint density at radius 1 is 1.75 bits per heavy atom. The molecule has 0 bridgehead atoms. The van der Waals surface area contributed by atoms with E-state index in [0.29, 0.717) is 12.3 Å². The highest BCUT2D eigenvalue weighted by Gasteiger charge is 2.17. The molecule has 4 heteroatoms. The maximum atomic E-state index is 11.1. The predicted molar refractivity (Wildman–Crippen MR) is 44.2 cm³/mol. The Kier molecular flexibility index (Phi) is 3.55. The van der Waals surface area contributed by atoms with E-state index in [9.17, 15) is 4.79 Å². The minimum Gasteiger partial charge on any atom is -0.343 e. The van der Waals surface area contributed by atoms with Crippen LogP contribution in [0.15, 0.2) is 0 Å². The van der Waals surface area contributed by atoms with Crippen LogP contribution in [0.2, 0.25) is 0 Å². The molecule has 66 valence electrons. The van der Waals surface area contributed by atoms with Gasteiger partial charge < -0.3 is 10.6 Å². The molecule has 1 aliphatic heterocycles. The van der Waals surface area contributed by atoms with Crippen molar-refractivity contribution >= 4 is 5.91 Å². The van der Waals surface area contributed by atoms with E-state index in [0.717, 1.165) is 19.5 Å². The van der Waals surface area contributed by atoms with Crippen molar-refractivity contribution in [1.82, 2.24) is 10.6 Å². The Morgan fingerprint density at radius 2 is 2.58 bits per heavy atom. The SMILES string of the molecule is N#CCNC(=O)CC1CCNC1. The van der Waals surface area contributed by atoms with Crippen LogP contribution >= 0.6 is 0 Å². The second-order valence-corrected chi connectivity index (χ2v) is 3.00. The smallest absolute Gasteiger partial charge is 0.221 e. The maximum Gasteiger partial charge on any atom is 0.221 e. The van der Waals surface area contributed by atoms with Crippen LogP contribution in [0.3, 0.4) is 0 Å². The fraction of sp³-hybridized carbons (Fsp3) is 0.750. The van der Waals surface area contributed by atoms with Gasteiger partial charge in [0.25, 0.3) is 0 Å². The first-order valence-corrected chi connectivity index (χ1v) is 4.17. The van der Waals surface area contributed by atoms with Crippen LogP contribution < -0.4 is 10.6 Å². The largest absolute Gasteiger partial charge is 0.343 e. The van der Waals surface area contributed by atoms with Crippen LogP contribution in [0.1, 0.15) is 12.8 Å². The van der Waals surface area contributed by atoms with E-state index in [-0.39, 0.29) is 12.5 Å². The van der Waals surface area contributed by atoms with E-state index in [1.54, 1.807) is 0 Å². The highest BCUT2D eigenvalue weighted by Crippen LogP contribution is 2.11. The number of amides is 1. The third kappa shape index (κ3) is 2.89. The Labute approximate surface area is 71.9 Å². The molecule has 1 heterocycles. The van der Waals surface area contributed by atoms with E-state index >= 15 is 0 Å². The third-order valence-electron chi connectivity index (χ3n) is 2.00. The van der Waals surface area contributed by atoms with Gasteiger partial charge in [-0.25, -0.2) is 0 Å². The van der Waals surface area contributed by atoms with Gasteiger partial charge in [0.1, 0.15) is 6.54 Å². The minimum atomic E-state index is -0.00903. The highest BCUT2D eigenvalue weighted by molar-refractivity contribution is 5.76. The monoisotopic (exact) mass is 167 g/mol. The summed E-state index contributed by atoms with van der Waals surface area (Å²) in [5.74, 6) is 0.453. The minimum absolute atomic E-state index is 0.00903. The third-order valence-corrected chi connectivity index (χ3v) is 2.00. The molecule has 2 N–H and O–H groups in total. The zero-order chi connectivity index (χ0) is 8.81. The second kappa shape index (κ2) is 4.73. The van der Waals surface area contributed by atoms with Gasteiger partial charge in [-0.15, -0.1) is 0 Å². The number of hydrogen-bond donors (Lipinski definition) is 2. The second-order valence-electron chi connectivity index (χ2n) is 3.00. The molecule has 0 aliphatic carbocycles. The molecular formula is C8H13N3O. The summed E-state index contributed by atoms with van der Waals surface area (Å²) in [7, 11) is 0. The molecule has 1 unspecified atom stereocenters. The molecule has 4 nitrogen and oxygen atoms in total. The quantitative estimate of drug-likeness (QED) is 0.563. The number of carbonyl (C=O) groups is 1. The normalized spacial score (nSPS) is 21.8. The number of carbonyl (C=O) groups excluding carboxylic acids is 1. The Bertz CT molecular complexity index is 191. The topological polar surface area (TPSA) is 64.9 Å². The summed E-state index contributed by atoms with van der Waals surface area (Å²) in [4.78, 5) is 11.1. The summed E-state index contributed by atoms with van der Waals surface area (Å²) in [5, 5.41) is 13.9. The zero-order valence-corrected chi connectivity index (χ0v) is 6.97. The number of nitriles is 1. The van der Waals surface area contributed by atoms with Gasteiger partial charge in [-0.2, -0.15) is 5.26 Å². The molecule has 1 atom stereocenters. The average molecular weight is 167 g/mol. The van der Waals surface area contributed by atoms with Gasteiger partial charge in [-0.1, -0.05) is 0 Å². The lowest BCUT2D eigenvalue weighted by Gasteiger charge is -2.06. The van der Waals surface area contributed by atoms with Crippen molar-refractivity contribution in [2.75, 3.05) is 19.6 Å². The van der Waals surface area contributed by atoms with Gasteiger partial charge >= 0.3 is 0 Å². The summed E-state index contributed by atoms with van der Waals surface area (Å²) < 4.78 is 0. The van der Waals surface area contributed by atoms with Crippen molar-refractivity contribution in [3.05, 3.63) is 0 Å². The van der Waals surface area contributed by atoms with Gasteiger partial charge in [0, 0.05) is 6.42 Å². The Hall–Kier alpha value is -1.08. The van der Waals surface area contributed by atoms with Crippen LogP contribution in [0, 0.1) is 17.2 Å². The first-order chi connectivity index (χ1) is 5.83. The predicted octanol–water partition coefficient (Wildman–Crippen LogP) is -0.374. The van der Waals surface area contributed by atoms with Gasteiger partial charge in [0.15, 0.2) is 0 Å². The Balaban J connectivity index is 2.13. The number of rotatable bonds is 3. The van der Waals surface area contributed by atoms with Crippen LogP contribution in [0.25, 0.3) is 0 Å². The first-order valence-electron chi connectivity index (χ1n) is 4.17. The molecule has 0 aromatic rings. The molecule has 12 heavy (non-hydrogen) atoms. The number of nitrogens with zero attached hydrogens (tertiary/aromatic N) is 1.